The first-order chi connectivity index (χ1) is 8.35. The minimum atomic E-state index is -0.548. The highest BCUT2D eigenvalue weighted by molar-refractivity contribution is 5.42. The molecule has 0 radical (unpaired) electrons. The summed E-state index contributed by atoms with van der Waals surface area (Å²) in [7, 11) is 0. The van der Waals surface area contributed by atoms with Crippen molar-refractivity contribution < 1.29 is 14.4 Å². The SMILES string of the molecule is CC(C)(C)Oc1ccc(OC2CC2)c([N+](=O)[O-])n1. The summed E-state index contributed by atoms with van der Waals surface area (Å²) in [6.45, 7) is 5.57. The van der Waals surface area contributed by atoms with Crippen molar-refractivity contribution in [2.75, 3.05) is 0 Å². The van der Waals surface area contributed by atoms with Gasteiger partial charge in [0.25, 0.3) is 0 Å². The molecular formula is C12H16N2O4. The lowest BCUT2D eigenvalue weighted by Gasteiger charge is -2.18. The van der Waals surface area contributed by atoms with Gasteiger partial charge in [-0.25, -0.2) is 0 Å². The molecule has 0 unspecified atom stereocenters. The Labute approximate surface area is 105 Å². The van der Waals surface area contributed by atoms with Crippen LogP contribution in [0.3, 0.4) is 0 Å². The molecule has 0 saturated heterocycles. The molecule has 0 bridgehead atoms. The quantitative estimate of drug-likeness (QED) is 0.608. The van der Waals surface area contributed by atoms with Crippen LogP contribution in [0.25, 0.3) is 0 Å². The molecule has 6 heteroatoms. The maximum absolute atomic E-state index is 10.9. The van der Waals surface area contributed by atoms with Crippen molar-refractivity contribution in [1.82, 2.24) is 4.98 Å². The highest BCUT2D eigenvalue weighted by Gasteiger charge is 2.29. The van der Waals surface area contributed by atoms with E-state index in [1.165, 1.54) is 0 Å². The first-order valence-corrected chi connectivity index (χ1v) is 5.86. The molecule has 1 aromatic heterocycles. The van der Waals surface area contributed by atoms with Crippen LogP contribution in [-0.4, -0.2) is 21.6 Å². The fourth-order valence-corrected chi connectivity index (χ4v) is 1.38. The van der Waals surface area contributed by atoms with Crippen molar-refractivity contribution in [2.24, 2.45) is 0 Å². The van der Waals surface area contributed by atoms with Gasteiger partial charge in [-0.1, -0.05) is 0 Å². The lowest BCUT2D eigenvalue weighted by atomic mass is 10.2. The minimum Gasteiger partial charge on any atom is -0.482 e. The number of hydrogen-bond donors (Lipinski definition) is 0. The maximum Gasteiger partial charge on any atom is 0.409 e. The lowest BCUT2D eigenvalue weighted by molar-refractivity contribution is -0.390. The van der Waals surface area contributed by atoms with E-state index in [0.29, 0.717) is 0 Å². The summed E-state index contributed by atoms with van der Waals surface area (Å²) in [5.74, 6) is 0.157. The van der Waals surface area contributed by atoms with Crippen LogP contribution in [-0.2, 0) is 0 Å². The normalized spacial score (nSPS) is 15.3. The second-order valence-electron chi connectivity index (χ2n) is 5.26. The van der Waals surface area contributed by atoms with E-state index in [1.54, 1.807) is 12.1 Å². The van der Waals surface area contributed by atoms with E-state index in [4.69, 9.17) is 9.47 Å². The number of nitrogens with zero attached hydrogens (tertiary/aromatic N) is 2. The monoisotopic (exact) mass is 252 g/mol. The molecule has 0 atom stereocenters. The Morgan fingerprint density at radius 1 is 1.39 bits per heavy atom. The molecule has 1 aliphatic carbocycles. The van der Waals surface area contributed by atoms with E-state index in [1.807, 2.05) is 20.8 Å². The van der Waals surface area contributed by atoms with Crippen molar-refractivity contribution in [3.63, 3.8) is 0 Å². The molecule has 98 valence electrons. The first-order valence-electron chi connectivity index (χ1n) is 5.86. The van der Waals surface area contributed by atoms with Crippen molar-refractivity contribution in [2.45, 2.75) is 45.3 Å². The molecule has 0 N–H and O–H groups in total. The van der Waals surface area contributed by atoms with Gasteiger partial charge in [0.05, 0.1) is 6.10 Å². The van der Waals surface area contributed by atoms with Gasteiger partial charge >= 0.3 is 11.7 Å². The number of hydrogen-bond acceptors (Lipinski definition) is 5. The third-order valence-corrected chi connectivity index (χ3v) is 2.22. The average Bonchev–Trinajstić information content (AvgIpc) is 3.01. The van der Waals surface area contributed by atoms with E-state index in [0.717, 1.165) is 12.8 Å². The van der Waals surface area contributed by atoms with Crippen LogP contribution < -0.4 is 9.47 Å². The van der Waals surface area contributed by atoms with Gasteiger partial charge in [0.15, 0.2) is 0 Å². The Morgan fingerprint density at radius 3 is 2.56 bits per heavy atom. The standard InChI is InChI=1S/C12H16N2O4/c1-12(2,3)18-10-7-6-9(17-8-4-5-8)11(13-10)14(15)16/h6-8H,4-5H2,1-3H3. The first kappa shape index (κ1) is 12.6. The molecule has 0 aromatic carbocycles. The van der Waals surface area contributed by atoms with Gasteiger partial charge in [-0.2, -0.15) is 0 Å². The molecule has 0 aliphatic heterocycles. The van der Waals surface area contributed by atoms with Gasteiger partial charge in [0.2, 0.25) is 5.75 Å². The Balaban J connectivity index is 2.24. The van der Waals surface area contributed by atoms with E-state index in [9.17, 15) is 10.1 Å². The van der Waals surface area contributed by atoms with E-state index < -0.39 is 10.5 Å². The molecular weight excluding hydrogens is 236 g/mol. The number of ether oxygens (including phenoxy) is 2. The van der Waals surface area contributed by atoms with Gasteiger partial charge in [0.1, 0.15) is 5.60 Å². The average molecular weight is 252 g/mol. The minimum absolute atomic E-state index is 0.0971. The Morgan fingerprint density at radius 2 is 2.06 bits per heavy atom. The summed E-state index contributed by atoms with van der Waals surface area (Å²) < 4.78 is 10.9. The van der Waals surface area contributed by atoms with Gasteiger partial charge in [0, 0.05) is 11.1 Å². The fourth-order valence-electron chi connectivity index (χ4n) is 1.38. The molecule has 0 amide bonds. The number of aromatic nitrogens is 1. The highest BCUT2D eigenvalue weighted by atomic mass is 16.6. The third kappa shape index (κ3) is 3.32. The molecule has 1 fully saturated rings. The van der Waals surface area contributed by atoms with Crippen LogP contribution in [0, 0.1) is 10.1 Å². The van der Waals surface area contributed by atoms with Crippen LogP contribution >= 0.6 is 0 Å². The van der Waals surface area contributed by atoms with E-state index in [-0.39, 0.29) is 23.6 Å². The predicted molar refractivity (Wildman–Crippen MR) is 64.9 cm³/mol. The largest absolute Gasteiger partial charge is 0.482 e. The fraction of sp³-hybridized carbons (Fsp3) is 0.583. The zero-order valence-corrected chi connectivity index (χ0v) is 10.7. The molecule has 6 nitrogen and oxygen atoms in total. The Kier molecular flexibility index (Phi) is 3.11. The third-order valence-electron chi connectivity index (χ3n) is 2.22. The molecule has 1 aromatic rings. The van der Waals surface area contributed by atoms with Crippen molar-refractivity contribution in [1.29, 1.82) is 0 Å². The molecule has 2 rings (SSSR count). The summed E-state index contributed by atoms with van der Waals surface area (Å²) in [4.78, 5) is 14.3. The summed E-state index contributed by atoms with van der Waals surface area (Å²) >= 11 is 0. The number of rotatable bonds is 4. The Bertz CT molecular complexity index is 464. The lowest BCUT2D eigenvalue weighted by Crippen LogP contribution is -2.23. The van der Waals surface area contributed by atoms with Crippen molar-refractivity contribution in [3.8, 4) is 11.6 Å². The van der Waals surface area contributed by atoms with Crippen molar-refractivity contribution >= 4 is 5.82 Å². The molecule has 18 heavy (non-hydrogen) atoms. The maximum atomic E-state index is 10.9. The summed E-state index contributed by atoms with van der Waals surface area (Å²) in [6.07, 6.45) is 1.98. The zero-order valence-electron chi connectivity index (χ0n) is 10.7. The van der Waals surface area contributed by atoms with Gasteiger partial charge in [-0.3, -0.25) is 0 Å². The van der Waals surface area contributed by atoms with Gasteiger partial charge < -0.3 is 19.6 Å². The van der Waals surface area contributed by atoms with Gasteiger partial charge in [-0.15, -0.1) is 0 Å². The van der Waals surface area contributed by atoms with Crippen molar-refractivity contribution in [3.05, 3.63) is 22.2 Å². The van der Waals surface area contributed by atoms with E-state index >= 15 is 0 Å². The predicted octanol–water partition coefficient (Wildman–Crippen LogP) is 2.71. The zero-order chi connectivity index (χ0) is 13.3. The van der Waals surface area contributed by atoms with Crippen LogP contribution in [0.5, 0.6) is 11.6 Å². The summed E-state index contributed by atoms with van der Waals surface area (Å²) in [5, 5.41) is 10.9. The Hall–Kier alpha value is -1.85. The van der Waals surface area contributed by atoms with Gasteiger partial charge in [-0.05, 0) is 44.6 Å². The number of nitro groups is 1. The number of pyridine rings is 1. The summed E-state index contributed by atoms with van der Waals surface area (Å²) in [6, 6.07) is 3.14. The summed E-state index contributed by atoms with van der Waals surface area (Å²) in [5.41, 5.74) is -0.445. The van der Waals surface area contributed by atoms with E-state index in [2.05, 4.69) is 4.98 Å². The molecule has 1 heterocycles. The highest BCUT2D eigenvalue weighted by Crippen LogP contribution is 2.33. The van der Waals surface area contributed by atoms with Crippen LogP contribution in [0.1, 0.15) is 33.6 Å². The molecule has 1 saturated carbocycles. The second-order valence-corrected chi connectivity index (χ2v) is 5.26. The van der Waals surface area contributed by atoms with Crippen LogP contribution in [0.15, 0.2) is 12.1 Å². The van der Waals surface area contributed by atoms with Crippen LogP contribution in [0.4, 0.5) is 5.82 Å². The second kappa shape index (κ2) is 4.44. The molecule has 0 spiro atoms. The topological polar surface area (TPSA) is 74.5 Å². The molecule has 1 aliphatic rings. The smallest absolute Gasteiger partial charge is 0.409 e. The van der Waals surface area contributed by atoms with Crippen LogP contribution in [0.2, 0.25) is 0 Å².